The molecule has 0 spiro atoms. The van der Waals surface area contributed by atoms with Crippen LogP contribution < -0.4 is 4.90 Å². The average molecular weight is 342 g/mol. The van der Waals surface area contributed by atoms with E-state index in [-0.39, 0.29) is 35.7 Å². The molecule has 0 unspecified atom stereocenters. The molecule has 3 rings (SSSR count). The van der Waals surface area contributed by atoms with Crippen LogP contribution in [-0.2, 0) is 21.5 Å². The van der Waals surface area contributed by atoms with E-state index >= 15 is 0 Å². The number of fused-ring (bicyclic) bond motifs is 1. The molecule has 1 aromatic carbocycles. The van der Waals surface area contributed by atoms with E-state index in [1.807, 2.05) is 45.0 Å². The molecule has 0 bridgehead atoms. The predicted octanol–water partition coefficient (Wildman–Crippen LogP) is 2.17. The van der Waals surface area contributed by atoms with Gasteiger partial charge in [0.2, 0.25) is 5.82 Å². The maximum atomic E-state index is 13.1. The number of para-hydroxylation sites is 1. The summed E-state index contributed by atoms with van der Waals surface area (Å²) in [5.41, 5.74) is 1.56. The Morgan fingerprint density at radius 2 is 2.00 bits per heavy atom. The van der Waals surface area contributed by atoms with Crippen LogP contribution in [0.2, 0.25) is 0 Å². The Morgan fingerprint density at radius 3 is 2.64 bits per heavy atom. The molecule has 0 aliphatic carbocycles. The smallest absolute Gasteiger partial charge is 0.307 e. The highest BCUT2D eigenvalue weighted by Gasteiger charge is 2.37. The van der Waals surface area contributed by atoms with Gasteiger partial charge in [0.25, 0.3) is 5.91 Å². The molecule has 0 saturated heterocycles. The number of benzene rings is 1. The van der Waals surface area contributed by atoms with Crippen LogP contribution in [0.3, 0.4) is 0 Å². The van der Waals surface area contributed by atoms with Gasteiger partial charge in [-0.25, -0.2) is 9.67 Å². The molecule has 1 aliphatic heterocycles. The number of carbonyl (C=O) groups is 2. The van der Waals surface area contributed by atoms with E-state index in [0.29, 0.717) is 6.42 Å². The van der Waals surface area contributed by atoms with E-state index < -0.39 is 0 Å². The zero-order valence-electron chi connectivity index (χ0n) is 14.9. The van der Waals surface area contributed by atoms with Crippen LogP contribution >= 0.6 is 0 Å². The fraction of sp³-hybridized carbons (Fsp3) is 0.444. The second kappa shape index (κ2) is 6.31. The van der Waals surface area contributed by atoms with Crippen LogP contribution in [0.5, 0.6) is 0 Å². The molecular weight excluding hydrogens is 320 g/mol. The highest BCUT2D eigenvalue weighted by Crippen LogP contribution is 2.34. The number of methoxy groups -OCH3 is 1. The molecule has 7 heteroatoms. The Hall–Kier alpha value is -2.70. The van der Waals surface area contributed by atoms with Crippen LogP contribution in [0.1, 0.15) is 43.4 Å². The number of carbonyl (C=O) groups excluding carboxylic acids is 2. The third-order valence-electron chi connectivity index (χ3n) is 4.29. The maximum absolute atomic E-state index is 13.1. The van der Waals surface area contributed by atoms with Gasteiger partial charge in [-0.2, -0.15) is 0 Å². The molecular formula is C18H22N4O3. The van der Waals surface area contributed by atoms with Crippen LogP contribution in [0, 0.1) is 0 Å². The summed E-state index contributed by atoms with van der Waals surface area (Å²) in [6.07, 6.45) is 2.30. The summed E-state index contributed by atoms with van der Waals surface area (Å²) >= 11 is 0. The third-order valence-corrected chi connectivity index (χ3v) is 4.29. The monoisotopic (exact) mass is 342 g/mol. The van der Waals surface area contributed by atoms with Crippen molar-refractivity contribution in [2.24, 2.45) is 0 Å². The van der Waals surface area contributed by atoms with Crippen LogP contribution in [0.4, 0.5) is 5.69 Å². The molecule has 1 aromatic heterocycles. The van der Waals surface area contributed by atoms with Gasteiger partial charge >= 0.3 is 5.97 Å². The summed E-state index contributed by atoms with van der Waals surface area (Å²) in [7, 11) is 1.35. The number of amides is 1. The maximum Gasteiger partial charge on any atom is 0.307 e. The van der Waals surface area contributed by atoms with Crippen molar-refractivity contribution in [2.75, 3.05) is 12.0 Å². The molecule has 25 heavy (non-hydrogen) atoms. The predicted molar refractivity (Wildman–Crippen MR) is 92.4 cm³/mol. The van der Waals surface area contributed by atoms with E-state index in [1.165, 1.54) is 7.11 Å². The number of anilines is 1. The van der Waals surface area contributed by atoms with Crippen molar-refractivity contribution in [3.05, 3.63) is 42.0 Å². The van der Waals surface area contributed by atoms with Gasteiger partial charge < -0.3 is 9.64 Å². The Labute approximate surface area is 146 Å². The number of ether oxygens (including phenoxy) is 1. The van der Waals surface area contributed by atoms with Crippen molar-refractivity contribution in [3.63, 3.8) is 0 Å². The number of nitrogens with zero attached hydrogens (tertiary/aromatic N) is 4. The Bertz CT molecular complexity index is 807. The first-order valence-corrected chi connectivity index (χ1v) is 8.21. The van der Waals surface area contributed by atoms with Gasteiger partial charge in [-0.15, -0.1) is 5.10 Å². The fourth-order valence-corrected chi connectivity index (χ4v) is 2.97. The standard InChI is InChI=1S/C18H22N4O3/c1-18(2,3)21-11-19-16(20-21)17(24)22-13(10-15(23)25-4)9-12-7-5-6-8-14(12)22/h5-8,11,13H,9-10H2,1-4H3/t13-/m1/s1. The number of esters is 1. The molecule has 0 fully saturated rings. The zero-order valence-corrected chi connectivity index (χ0v) is 14.9. The van der Waals surface area contributed by atoms with Gasteiger partial charge in [0.15, 0.2) is 0 Å². The molecule has 1 aliphatic rings. The summed E-state index contributed by atoms with van der Waals surface area (Å²) in [5.74, 6) is -0.521. The first-order chi connectivity index (χ1) is 11.8. The SMILES string of the molecule is COC(=O)C[C@H]1Cc2ccccc2N1C(=O)c1ncn(C(C)(C)C)n1. The number of rotatable bonds is 3. The van der Waals surface area contributed by atoms with Crippen LogP contribution in [0.15, 0.2) is 30.6 Å². The van der Waals surface area contributed by atoms with Gasteiger partial charge in [-0.05, 0) is 38.8 Å². The van der Waals surface area contributed by atoms with Gasteiger partial charge in [0.1, 0.15) is 6.33 Å². The van der Waals surface area contributed by atoms with Crippen molar-refractivity contribution < 1.29 is 14.3 Å². The molecule has 2 aromatic rings. The highest BCUT2D eigenvalue weighted by molar-refractivity contribution is 6.05. The molecule has 0 radical (unpaired) electrons. The Balaban J connectivity index is 1.94. The third kappa shape index (κ3) is 3.26. The minimum absolute atomic E-state index is 0.126. The fourth-order valence-electron chi connectivity index (χ4n) is 2.97. The van der Waals surface area contributed by atoms with E-state index in [2.05, 4.69) is 10.1 Å². The molecule has 1 atom stereocenters. The van der Waals surface area contributed by atoms with E-state index in [9.17, 15) is 9.59 Å². The summed E-state index contributed by atoms with van der Waals surface area (Å²) in [6, 6.07) is 7.35. The lowest BCUT2D eigenvalue weighted by Gasteiger charge is -2.23. The molecule has 2 heterocycles. The topological polar surface area (TPSA) is 77.3 Å². The highest BCUT2D eigenvalue weighted by atomic mass is 16.5. The summed E-state index contributed by atoms with van der Waals surface area (Å²) < 4.78 is 6.45. The molecule has 7 nitrogen and oxygen atoms in total. The number of hydrogen-bond donors (Lipinski definition) is 0. The molecule has 0 N–H and O–H groups in total. The van der Waals surface area contributed by atoms with Crippen molar-refractivity contribution in [1.82, 2.24) is 14.8 Å². The van der Waals surface area contributed by atoms with E-state index in [1.54, 1.807) is 15.9 Å². The van der Waals surface area contributed by atoms with Crippen LogP contribution in [-0.4, -0.2) is 39.8 Å². The van der Waals surface area contributed by atoms with Gasteiger partial charge in [0, 0.05) is 5.69 Å². The first-order valence-electron chi connectivity index (χ1n) is 8.21. The van der Waals surface area contributed by atoms with Crippen molar-refractivity contribution in [3.8, 4) is 0 Å². The normalized spacial score (nSPS) is 16.6. The lowest BCUT2D eigenvalue weighted by molar-refractivity contribution is -0.140. The quantitative estimate of drug-likeness (QED) is 0.799. The molecule has 132 valence electrons. The Kier molecular flexibility index (Phi) is 4.32. The van der Waals surface area contributed by atoms with E-state index in [0.717, 1.165) is 11.3 Å². The second-order valence-corrected chi connectivity index (χ2v) is 7.13. The van der Waals surface area contributed by atoms with Gasteiger partial charge in [0.05, 0.1) is 25.1 Å². The lowest BCUT2D eigenvalue weighted by Crippen LogP contribution is -2.40. The zero-order chi connectivity index (χ0) is 18.2. The summed E-state index contributed by atoms with van der Waals surface area (Å²) in [5, 5.41) is 4.33. The minimum Gasteiger partial charge on any atom is -0.469 e. The largest absolute Gasteiger partial charge is 0.469 e. The first kappa shape index (κ1) is 17.1. The average Bonchev–Trinajstić information content (AvgIpc) is 3.18. The van der Waals surface area contributed by atoms with Crippen molar-refractivity contribution >= 4 is 17.6 Å². The second-order valence-electron chi connectivity index (χ2n) is 7.13. The molecule has 1 amide bonds. The molecule has 0 saturated carbocycles. The Morgan fingerprint density at radius 1 is 1.28 bits per heavy atom. The number of hydrogen-bond acceptors (Lipinski definition) is 5. The van der Waals surface area contributed by atoms with Crippen molar-refractivity contribution in [2.45, 2.75) is 45.2 Å². The van der Waals surface area contributed by atoms with Gasteiger partial charge in [-0.1, -0.05) is 18.2 Å². The summed E-state index contributed by atoms with van der Waals surface area (Å²) in [4.78, 5) is 30.6. The van der Waals surface area contributed by atoms with Crippen LogP contribution in [0.25, 0.3) is 0 Å². The minimum atomic E-state index is -0.344. The van der Waals surface area contributed by atoms with Gasteiger partial charge in [-0.3, -0.25) is 9.59 Å². The van der Waals surface area contributed by atoms with E-state index in [4.69, 9.17) is 4.74 Å². The summed E-state index contributed by atoms with van der Waals surface area (Å²) in [6.45, 7) is 5.96. The number of aromatic nitrogens is 3. The lowest BCUT2D eigenvalue weighted by atomic mass is 10.1. The van der Waals surface area contributed by atoms with Crippen molar-refractivity contribution in [1.29, 1.82) is 0 Å².